The smallest absolute Gasteiger partial charge is 0.339 e. The molecule has 1 atom stereocenters. The van der Waals surface area contributed by atoms with Gasteiger partial charge in [-0.05, 0) is 26.2 Å². The van der Waals surface area contributed by atoms with Crippen molar-refractivity contribution in [3.8, 4) is 0 Å². The molecule has 2 heterocycles. The number of hydrogen-bond acceptors (Lipinski definition) is 3. The van der Waals surface area contributed by atoms with Gasteiger partial charge in [0.2, 0.25) is 0 Å². The van der Waals surface area contributed by atoms with E-state index in [0.29, 0.717) is 6.04 Å². The molecule has 0 aliphatic carbocycles. The monoisotopic (exact) mass is 262 g/mol. The van der Waals surface area contributed by atoms with Gasteiger partial charge in [0.25, 0.3) is 0 Å². The van der Waals surface area contributed by atoms with Gasteiger partial charge in [0.05, 0.1) is 11.4 Å². The van der Waals surface area contributed by atoms with E-state index in [9.17, 15) is 4.79 Å². The molecule has 2 rings (SSSR count). The maximum atomic E-state index is 11.9. The lowest BCUT2D eigenvalue weighted by Crippen LogP contribution is -2.32. The summed E-state index contributed by atoms with van der Waals surface area (Å²) in [5.74, 6) is 0. The number of fused-ring (bicyclic) bond motifs is 1. The molecule has 5 nitrogen and oxygen atoms in total. The molecule has 0 saturated carbocycles. The van der Waals surface area contributed by atoms with Crippen molar-refractivity contribution in [2.45, 2.75) is 45.2 Å². The Bertz CT molecular complexity index is 478. The van der Waals surface area contributed by atoms with Gasteiger partial charge in [-0.3, -0.25) is 0 Å². The third-order valence-electron chi connectivity index (χ3n) is 3.53. The summed E-state index contributed by atoms with van der Waals surface area (Å²) in [4.78, 5) is 11.9. The summed E-state index contributed by atoms with van der Waals surface area (Å²) in [7, 11) is 1.64. The van der Waals surface area contributed by atoms with E-state index in [-0.39, 0.29) is 6.03 Å². The number of allylic oxidation sites excluding steroid dienone is 1. The van der Waals surface area contributed by atoms with Crippen molar-refractivity contribution in [2.24, 2.45) is 0 Å². The topological polar surface area (TPSA) is 59.0 Å². The lowest BCUT2D eigenvalue weighted by Gasteiger charge is -2.19. The number of unbranched alkanes of at least 4 members (excludes halogenated alkanes) is 1. The molecule has 1 amide bonds. The summed E-state index contributed by atoms with van der Waals surface area (Å²) in [6.45, 7) is 6.68. The summed E-state index contributed by atoms with van der Waals surface area (Å²) in [5, 5.41) is 10.6. The predicted octanol–water partition coefficient (Wildman–Crippen LogP) is 1.61. The number of carbonyl (C=O) groups excluding carboxylic acids is 1. The third kappa shape index (κ3) is 2.87. The fraction of sp³-hybridized carbons (Fsp3) is 0.571. The zero-order valence-corrected chi connectivity index (χ0v) is 11.7. The minimum absolute atomic E-state index is 0.157. The van der Waals surface area contributed by atoms with E-state index in [4.69, 9.17) is 0 Å². The third-order valence-corrected chi connectivity index (χ3v) is 3.53. The van der Waals surface area contributed by atoms with Crippen molar-refractivity contribution >= 4 is 6.03 Å². The number of amides is 1. The fourth-order valence-electron chi connectivity index (χ4n) is 2.49. The molecule has 1 unspecified atom stereocenters. The van der Waals surface area contributed by atoms with E-state index in [1.165, 1.54) is 10.2 Å². The fourth-order valence-corrected chi connectivity index (χ4v) is 2.49. The zero-order valence-electron chi connectivity index (χ0n) is 11.7. The van der Waals surface area contributed by atoms with Crippen LogP contribution in [0.1, 0.15) is 36.7 Å². The van der Waals surface area contributed by atoms with Crippen LogP contribution in [0, 0.1) is 0 Å². The van der Waals surface area contributed by atoms with Crippen LogP contribution in [0.15, 0.2) is 12.7 Å². The second kappa shape index (κ2) is 6.02. The first kappa shape index (κ1) is 13.8. The molecule has 1 aromatic rings. The molecule has 1 aliphatic heterocycles. The highest BCUT2D eigenvalue weighted by atomic mass is 16.2. The van der Waals surface area contributed by atoms with Gasteiger partial charge in [0.1, 0.15) is 0 Å². The highest BCUT2D eigenvalue weighted by molar-refractivity contribution is 5.76. The first-order valence-electron chi connectivity index (χ1n) is 6.83. The molecule has 2 N–H and O–H groups in total. The molecule has 0 aromatic carbocycles. The number of rotatable bonds is 4. The van der Waals surface area contributed by atoms with Gasteiger partial charge in [-0.2, -0.15) is 9.78 Å². The lowest BCUT2D eigenvalue weighted by atomic mass is 10.00. The lowest BCUT2D eigenvalue weighted by molar-refractivity contribution is 0.240. The molecule has 0 bridgehead atoms. The molecule has 104 valence electrons. The number of carbonyl (C=O) groups is 1. The van der Waals surface area contributed by atoms with Crippen LogP contribution in [0.25, 0.3) is 0 Å². The van der Waals surface area contributed by atoms with Crippen LogP contribution < -0.4 is 10.6 Å². The highest BCUT2D eigenvalue weighted by Crippen LogP contribution is 2.22. The molecule has 0 saturated heterocycles. The van der Waals surface area contributed by atoms with E-state index in [2.05, 4.69) is 29.2 Å². The average Bonchev–Trinajstić information content (AvgIpc) is 2.76. The number of aromatic nitrogens is 2. The van der Waals surface area contributed by atoms with Crippen LogP contribution in [0.4, 0.5) is 4.79 Å². The van der Waals surface area contributed by atoms with Crippen LogP contribution in [0.5, 0.6) is 0 Å². The van der Waals surface area contributed by atoms with E-state index in [0.717, 1.165) is 43.6 Å². The molecular weight excluding hydrogens is 240 g/mol. The van der Waals surface area contributed by atoms with Crippen molar-refractivity contribution in [3.63, 3.8) is 0 Å². The summed E-state index contributed by atoms with van der Waals surface area (Å²) in [6, 6.07) is 0.261. The van der Waals surface area contributed by atoms with Crippen LogP contribution in [-0.2, 0) is 19.4 Å². The first-order chi connectivity index (χ1) is 9.17. The largest absolute Gasteiger partial charge is 0.342 e. The van der Waals surface area contributed by atoms with Crippen molar-refractivity contribution in [1.29, 1.82) is 0 Å². The number of hydrogen-bond donors (Lipinski definition) is 2. The van der Waals surface area contributed by atoms with E-state index >= 15 is 0 Å². The second-order valence-electron chi connectivity index (χ2n) is 5.01. The Labute approximate surface area is 114 Å². The molecule has 5 heteroatoms. The van der Waals surface area contributed by atoms with Crippen molar-refractivity contribution in [3.05, 3.63) is 29.6 Å². The molecule has 1 aliphatic rings. The number of nitrogens with one attached hydrogen (secondary N) is 2. The van der Waals surface area contributed by atoms with Crippen LogP contribution in [0.3, 0.4) is 0 Å². The van der Waals surface area contributed by atoms with Crippen molar-refractivity contribution in [2.75, 3.05) is 7.05 Å². The van der Waals surface area contributed by atoms with Gasteiger partial charge in [-0.25, -0.2) is 4.79 Å². The Morgan fingerprint density at radius 2 is 2.47 bits per heavy atom. The summed E-state index contributed by atoms with van der Waals surface area (Å²) in [6.07, 6.45) is 5.60. The molecule has 0 radical (unpaired) electrons. The van der Waals surface area contributed by atoms with Gasteiger partial charge in [-0.1, -0.05) is 6.08 Å². The Balaban J connectivity index is 2.30. The van der Waals surface area contributed by atoms with Crippen LogP contribution >= 0.6 is 0 Å². The number of nitrogens with zero attached hydrogens (tertiary/aromatic N) is 2. The van der Waals surface area contributed by atoms with Crippen molar-refractivity contribution < 1.29 is 4.79 Å². The maximum Gasteiger partial charge on any atom is 0.342 e. The maximum absolute atomic E-state index is 11.9. The van der Waals surface area contributed by atoms with Gasteiger partial charge >= 0.3 is 6.03 Å². The second-order valence-corrected chi connectivity index (χ2v) is 5.01. The molecule has 19 heavy (non-hydrogen) atoms. The highest BCUT2D eigenvalue weighted by Gasteiger charge is 2.25. The van der Waals surface area contributed by atoms with Crippen LogP contribution in [0.2, 0.25) is 0 Å². The average molecular weight is 262 g/mol. The molecular formula is C14H22N4O. The van der Waals surface area contributed by atoms with Gasteiger partial charge < -0.3 is 10.6 Å². The Hall–Kier alpha value is -1.62. The molecule has 1 aromatic heterocycles. The van der Waals surface area contributed by atoms with E-state index < -0.39 is 0 Å². The zero-order chi connectivity index (χ0) is 13.8. The normalized spacial score (nSPS) is 17.9. The minimum Gasteiger partial charge on any atom is -0.339 e. The predicted molar refractivity (Wildman–Crippen MR) is 75.2 cm³/mol. The van der Waals surface area contributed by atoms with Crippen LogP contribution in [-0.4, -0.2) is 28.9 Å². The Morgan fingerprint density at radius 1 is 1.68 bits per heavy atom. The van der Waals surface area contributed by atoms with Crippen molar-refractivity contribution in [1.82, 2.24) is 20.4 Å². The SMILES string of the molecule is C=CCCCc1c2c(nn1C(=O)NC)CC(C)NC2. The first-order valence-corrected chi connectivity index (χ1v) is 6.83. The summed E-state index contributed by atoms with van der Waals surface area (Å²) < 4.78 is 1.54. The standard InChI is InChI=1S/C14H22N4O/c1-4-5-6-7-13-11-9-16-10(2)8-12(11)17-18(13)14(19)15-3/h4,10,16H,1,5-9H2,2-3H3,(H,15,19). The van der Waals surface area contributed by atoms with E-state index in [1.54, 1.807) is 7.05 Å². The minimum atomic E-state index is -0.157. The van der Waals surface area contributed by atoms with E-state index in [1.807, 2.05) is 6.08 Å². The summed E-state index contributed by atoms with van der Waals surface area (Å²) >= 11 is 0. The van der Waals surface area contributed by atoms with Gasteiger partial charge in [-0.15, -0.1) is 6.58 Å². The van der Waals surface area contributed by atoms with Gasteiger partial charge in [0, 0.05) is 31.6 Å². The summed E-state index contributed by atoms with van der Waals surface area (Å²) in [5.41, 5.74) is 3.30. The van der Waals surface area contributed by atoms with Gasteiger partial charge in [0.15, 0.2) is 0 Å². The quantitative estimate of drug-likeness (QED) is 0.640. The Kier molecular flexibility index (Phi) is 4.37. The molecule has 0 spiro atoms. The Morgan fingerprint density at radius 3 is 3.16 bits per heavy atom. The molecule has 0 fully saturated rings.